The molecule has 0 aliphatic heterocycles. The fraction of sp³-hybridized carbons (Fsp3) is 0.420. The number of nitrogens with zero attached hydrogens (tertiary/aromatic N) is 3. The van der Waals surface area contributed by atoms with Crippen molar-refractivity contribution >= 4 is 62.5 Å². The molecule has 12 rings (SSSR count). The predicted molar refractivity (Wildman–Crippen MR) is 378 cm³/mol. The van der Waals surface area contributed by atoms with Crippen LogP contribution in [-0.2, 0) is 56.2 Å². The molecule has 3 aromatic heterocycles. The van der Waals surface area contributed by atoms with Gasteiger partial charge in [-0.1, -0.05) is 161 Å². The van der Waals surface area contributed by atoms with E-state index in [0.717, 1.165) is 88.0 Å². The summed E-state index contributed by atoms with van der Waals surface area (Å²) in [6, 6.07) is 26.3. The summed E-state index contributed by atoms with van der Waals surface area (Å²) in [7, 11) is 0. The van der Waals surface area contributed by atoms with Crippen LogP contribution < -0.4 is 0 Å². The highest BCUT2D eigenvalue weighted by atomic mass is 16.6. The molecule has 9 aromatic rings. The van der Waals surface area contributed by atoms with Gasteiger partial charge in [0.15, 0.2) is 0 Å². The maximum Gasteiger partial charge on any atom is 0.419 e. The van der Waals surface area contributed by atoms with Gasteiger partial charge in [0.05, 0.1) is 55.8 Å². The van der Waals surface area contributed by atoms with Crippen LogP contribution in [-0.4, -0.2) is 77.0 Å². The van der Waals surface area contributed by atoms with Crippen LogP contribution in [0.1, 0.15) is 214 Å². The van der Waals surface area contributed by atoms with Gasteiger partial charge < -0.3 is 23.7 Å². The van der Waals surface area contributed by atoms with Crippen molar-refractivity contribution in [1.29, 1.82) is 0 Å². The zero-order valence-corrected chi connectivity index (χ0v) is 59.4. The average Bonchev–Trinajstić information content (AvgIpc) is 1.50. The van der Waals surface area contributed by atoms with Crippen LogP contribution in [0.4, 0.5) is 14.4 Å². The number of fused-ring (bicyclic) bond motifs is 9. The third-order valence-corrected chi connectivity index (χ3v) is 19.2. The predicted octanol–water partition coefficient (Wildman–Crippen LogP) is 21.0. The molecule has 94 heavy (non-hydrogen) atoms. The van der Waals surface area contributed by atoms with Gasteiger partial charge in [0.2, 0.25) is 0 Å². The lowest BCUT2D eigenvalue weighted by Gasteiger charge is -2.25. The Morgan fingerprint density at radius 1 is 0.277 bits per heavy atom. The number of hydrogen-bond acceptors (Lipinski definition) is 10. The number of hydrogen-bond donors (Lipinski definition) is 0. The molecule has 13 nitrogen and oxygen atoms in total. The van der Waals surface area contributed by atoms with Gasteiger partial charge in [-0.05, 0) is 203 Å². The molecule has 3 aliphatic carbocycles. The Morgan fingerprint density at radius 3 is 0.681 bits per heavy atom. The van der Waals surface area contributed by atoms with Gasteiger partial charge >= 0.3 is 30.2 Å². The van der Waals surface area contributed by atoms with Gasteiger partial charge in [-0.15, -0.1) is 0 Å². The van der Waals surface area contributed by atoms with E-state index in [9.17, 15) is 0 Å². The van der Waals surface area contributed by atoms with Crippen molar-refractivity contribution < 1.29 is 47.7 Å². The van der Waals surface area contributed by atoms with Crippen LogP contribution >= 0.6 is 0 Å². The van der Waals surface area contributed by atoms with E-state index in [1.165, 1.54) is 13.7 Å². The zero-order chi connectivity index (χ0) is 68.5. The summed E-state index contributed by atoms with van der Waals surface area (Å²) in [5, 5.41) is 5.38. The number of rotatable bonds is 9. The van der Waals surface area contributed by atoms with Crippen LogP contribution in [0.25, 0.3) is 122 Å². The van der Waals surface area contributed by atoms with Crippen LogP contribution in [0, 0.1) is 0 Å². The third kappa shape index (κ3) is 9.93. The Bertz CT molecular complexity index is 4520. The Morgan fingerprint density at radius 2 is 0.468 bits per heavy atom. The van der Waals surface area contributed by atoms with Gasteiger partial charge in [0.25, 0.3) is 0 Å². The Labute approximate surface area is 553 Å². The van der Waals surface area contributed by atoms with E-state index >= 15 is 24.0 Å². The monoisotopic (exact) mass is 1270 g/mol. The van der Waals surface area contributed by atoms with Gasteiger partial charge in [-0.2, -0.15) is 0 Å². The summed E-state index contributed by atoms with van der Waals surface area (Å²) in [5.41, 5.74) is 11.3. The summed E-state index contributed by atoms with van der Waals surface area (Å²) < 4.78 is 35.4. The molecule has 0 bridgehead atoms. The quantitative estimate of drug-likeness (QED) is 0.101. The minimum atomic E-state index is -0.885. The van der Waals surface area contributed by atoms with Crippen molar-refractivity contribution in [1.82, 2.24) is 13.7 Å². The first-order valence-corrected chi connectivity index (χ1v) is 33.5. The summed E-state index contributed by atoms with van der Waals surface area (Å²) >= 11 is 0. The van der Waals surface area contributed by atoms with Crippen molar-refractivity contribution in [2.75, 3.05) is 33.0 Å². The molecule has 0 spiro atoms. The molecule has 490 valence electrons. The van der Waals surface area contributed by atoms with Crippen LogP contribution in [0.2, 0.25) is 0 Å². The second-order valence-corrected chi connectivity index (χ2v) is 31.8. The summed E-state index contributed by atoms with van der Waals surface area (Å²) in [6.07, 6.45) is -2.63. The van der Waals surface area contributed by atoms with Crippen LogP contribution in [0.15, 0.2) is 72.8 Å². The van der Waals surface area contributed by atoms with E-state index in [0.29, 0.717) is 44.5 Å². The molecular formula is C81H91N3O10. The molecule has 3 aliphatic rings. The van der Waals surface area contributed by atoms with Gasteiger partial charge in [-0.3, -0.25) is 0 Å². The lowest BCUT2D eigenvalue weighted by Crippen LogP contribution is -2.25. The highest BCUT2D eigenvalue weighted by molar-refractivity contribution is 6.30. The van der Waals surface area contributed by atoms with Crippen molar-refractivity contribution in [2.45, 2.75) is 192 Å². The largest absolute Gasteiger partial charge is 0.461 e. The van der Waals surface area contributed by atoms with Crippen molar-refractivity contribution in [3.05, 3.63) is 118 Å². The fourth-order valence-electron chi connectivity index (χ4n) is 14.4. The lowest BCUT2D eigenvalue weighted by molar-refractivity contribution is 0.0504. The standard InChI is InChI=1S/C81H91N3O10/c1-24-90-71(85)69-63-54-39-48(80(18,19)20)33-42-31-46(78(12,13)14)37-52(57(42)54)61(63)67(83(69)74(88)93-27-4)65-59-50-35-44(76(6,7)8)29-41-30-45(77(9,10)11)36-51(56(41)50)60(59)66(82(65)73(87)92-26-3)68-62-53-38-47(79(15,16)17)32-43-34-49(81(21,22)23)40-55(58(43)53)64(62)70(72(86)91-25-2)84(68)75(89)94-28-5/h29-40H,24-28H2,1-23H3. The van der Waals surface area contributed by atoms with E-state index in [2.05, 4.69) is 197 Å². The first-order chi connectivity index (χ1) is 43.8. The van der Waals surface area contributed by atoms with Crippen molar-refractivity contribution in [3.8, 4) is 89.5 Å². The fourth-order valence-corrected chi connectivity index (χ4v) is 14.4. The summed E-state index contributed by atoms with van der Waals surface area (Å²) in [5.74, 6) is -1.55. The second kappa shape index (κ2) is 21.9. The Hall–Kier alpha value is -8.71. The highest BCUT2D eigenvalue weighted by Gasteiger charge is 2.49. The van der Waals surface area contributed by atoms with Crippen molar-refractivity contribution in [3.63, 3.8) is 0 Å². The number of ether oxygens (including phenoxy) is 5. The first kappa shape index (κ1) is 65.4. The molecule has 0 saturated carbocycles. The topological polar surface area (TPSA) is 146 Å². The third-order valence-electron chi connectivity index (χ3n) is 19.2. The number of carbonyl (C=O) groups excluding carboxylic acids is 5. The van der Waals surface area contributed by atoms with Crippen molar-refractivity contribution in [2.24, 2.45) is 0 Å². The van der Waals surface area contributed by atoms with Crippen LogP contribution in [0.3, 0.4) is 0 Å². The normalized spacial score (nSPS) is 13.3. The second-order valence-electron chi connectivity index (χ2n) is 31.8. The zero-order valence-electron chi connectivity index (χ0n) is 59.4. The Balaban J connectivity index is 1.44. The number of aromatic nitrogens is 3. The van der Waals surface area contributed by atoms with E-state index in [1.54, 1.807) is 34.6 Å². The molecule has 0 N–H and O–H groups in total. The molecule has 0 fully saturated rings. The smallest absolute Gasteiger partial charge is 0.419 e. The molecule has 0 atom stereocenters. The van der Waals surface area contributed by atoms with Crippen LogP contribution in [0.5, 0.6) is 0 Å². The van der Waals surface area contributed by atoms with Gasteiger partial charge in [-0.25, -0.2) is 37.7 Å². The number of esters is 2. The van der Waals surface area contributed by atoms with E-state index in [4.69, 9.17) is 23.7 Å². The molecule has 0 unspecified atom stereocenters. The maximum atomic E-state index is 16.9. The molecule has 0 radical (unpaired) electrons. The number of benzene rings is 6. The van der Waals surface area contributed by atoms with Gasteiger partial charge in [0, 0.05) is 33.4 Å². The molecule has 3 heterocycles. The highest BCUT2D eigenvalue weighted by Crippen LogP contribution is 2.65. The van der Waals surface area contributed by atoms with E-state index < -0.39 is 51.9 Å². The maximum absolute atomic E-state index is 16.9. The summed E-state index contributed by atoms with van der Waals surface area (Å²) in [4.78, 5) is 80.4. The van der Waals surface area contributed by atoms with E-state index in [1.807, 2.05) is 0 Å². The van der Waals surface area contributed by atoms with Gasteiger partial charge in [0.1, 0.15) is 11.4 Å². The minimum Gasteiger partial charge on any atom is -0.461 e. The lowest BCUT2D eigenvalue weighted by atomic mass is 9.81. The Kier molecular flexibility index (Phi) is 15.2. The molecule has 0 saturated heterocycles. The number of carbonyl (C=O) groups is 5. The average molecular weight is 1270 g/mol. The molecular weight excluding hydrogens is 1170 g/mol. The minimum absolute atomic E-state index is 0.0284. The molecule has 13 heteroatoms. The first-order valence-electron chi connectivity index (χ1n) is 33.5. The molecule has 0 amide bonds. The SMILES string of the molecule is CCOC(=O)c1c2c(c(-c3c4c(c(-c5c6c(c(C(=O)OCC)n5C(=O)OCC)-c5cc(C(C)(C)C)cc7cc(C(C)(C)C)cc-6c57)n3C(=O)OCC)-c3cc(C(C)(C)C)cc5cc(C(C)(C)C)cc-4c35)n1C(=O)OCC)-c1cc(C(C)(C)C)cc3cc(C(C)(C)C)cc-2c13. The molecule has 6 aromatic carbocycles. The summed E-state index contributed by atoms with van der Waals surface area (Å²) in [6.45, 7) is 47.2. The van der Waals surface area contributed by atoms with E-state index in [-0.39, 0.29) is 78.0 Å².